The Bertz CT molecular complexity index is 3790. The molecule has 0 bridgehead atoms. The third-order valence-electron chi connectivity index (χ3n) is 10.1. The molecule has 0 saturated carbocycles. The van der Waals surface area contributed by atoms with Crippen LogP contribution in [0.25, 0.3) is 22.3 Å². The Morgan fingerprint density at radius 1 is 0.576 bits per heavy atom. The monoisotopic (exact) mass is 1320 g/mol. The predicted molar refractivity (Wildman–Crippen MR) is 299 cm³/mol. The number of hydrogen-bond donors (Lipinski definition) is 0. The quantitative estimate of drug-likeness (QED) is 0.0414. The maximum absolute atomic E-state index is 13.8. The van der Waals surface area contributed by atoms with E-state index in [-0.39, 0.29) is 54.3 Å². The van der Waals surface area contributed by atoms with E-state index in [4.69, 9.17) is 22.8 Å². The number of nitrogens with zero attached hydrogens (tertiary/aromatic N) is 2. The van der Waals surface area contributed by atoms with Crippen LogP contribution in [0.4, 0.5) is 75.0 Å². The van der Waals surface area contributed by atoms with Crippen LogP contribution < -0.4 is 0 Å². The minimum Gasteiger partial charge on any atom is -0.443 e. The Morgan fingerprint density at radius 3 is 1.41 bits per heavy atom. The summed E-state index contributed by atoms with van der Waals surface area (Å²) in [5, 5.41) is 0.441. The lowest BCUT2D eigenvalue weighted by atomic mass is 10.0. The average molecular weight is 1320 g/mol. The Kier molecular flexibility index (Phi) is 25.7. The van der Waals surface area contributed by atoms with Crippen molar-refractivity contribution in [3.63, 3.8) is 0 Å². The highest BCUT2D eigenvalue weighted by atomic mass is 79.9. The lowest BCUT2D eigenvalue weighted by molar-refractivity contribution is 0.0545. The smallest absolute Gasteiger partial charge is 0.420 e. The van der Waals surface area contributed by atoms with E-state index in [1.165, 1.54) is 18.2 Å². The fourth-order valence-electron chi connectivity index (χ4n) is 6.33. The van der Waals surface area contributed by atoms with Crippen LogP contribution in [0.1, 0.15) is 94.1 Å². The van der Waals surface area contributed by atoms with Gasteiger partial charge in [0.05, 0.1) is 5.69 Å². The van der Waals surface area contributed by atoms with Crippen molar-refractivity contribution in [1.29, 1.82) is 0 Å². The van der Waals surface area contributed by atoms with Gasteiger partial charge in [0, 0.05) is 59.9 Å². The fraction of sp³-hybridized carbons (Fsp3) is 0.220. The molecule has 0 N–H and O–H groups in total. The summed E-state index contributed by atoms with van der Waals surface area (Å²) in [6, 6.07) is 11.2. The van der Waals surface area contributed by atoms with E-state index < -0.39 is 122 Å². The van der Waals surface area contributed by atoms with E-state index in [9.17, 15) is 84.6 Å². The maximum atomic E-state index is 13.8. The number of benzene rings is 5. The van der Waals surface area contributed by atoms with Gasteiger partial charge in [0.15, 0.2) is 76.4 Å². The fourth-order valence-corrected chi connectivity index (χ4v) is 7.90. The first-order valence-corrected chi connectivity index (χ1v) is 32.2. The van der Waals surface area contributed by atoms with E-state index in [1.54, 1.807) is 20.8 Å². The van der Waals surface area contributed by atoms with E-state index >= 15 is 0 Å². The second-order valence-electron chi connectivity index (χ2n) is 20.4. The zero-order valence-electron chi connectivity index (χ0n) is 45.8. The SMILES string of the molecule is C#Cc1cc(F)c(F)cc1C(F)F.CC(C)(C)OC(=O)n1c(-c2cc(F)c(F)cc2C(F)F)cc2ccc(Cl)nc21.C[Si](C)(C)C#Cc1cc(F)c(F)cc1C(F)F.C[Si](C)(C)C#Cc1cc(F)c(F)cc1C=O.O=Cc1cc(F)c(F)cc1Br. The first-order chi connectivity index (χ1) is 39.2. The highest BCUT2D eigenvalue weighted by Gasteiger charge is 2.28. The molecular formula is C59H46BrClF16N2O4Si2. The van der Waals surface area contributed by atoms with Crippen molar-refractivity contribution < 1.29 is 89.4 Å². The number of pyridine rings is 1. The second kappa shape index (κ2) is 30.4. The zero-order valence-corrected chi connectivity index (χ0v) is 50.1. The van der Waals surface area contributed by atoms with Gasteiger partial charge < -0.3 is 4.74 Å². The number of carbonyl (C=O) groups excluding carboxylic acids is 3. The minimum atomic E-state index is -3.10. The highest BCUT2D eigenvalue weighted by Crippen LogP contribution is 2.37. The lowest BCUT2D eigenvalue weighted by Gasteiger charge is -2.21. The first kappa shape index (κ1) is 71.6. The van der Waals surface area contributed by atoms with Gasteiger partial charge in [-0.15, -0.1) is 17.5 Å². The number of ether oxygens (including phenoxy) is 1. The average Bonchev–Trinajstić information content (AvgIpc) is 1.85. The topological polar surface area (TPSA) is 78.3 Å². The number of alkyl halides is 6. The molecule has 7 rings (SSSR count). The first-order valence-electron chi connectivity index (χ1n) is 24.0. The minimum absolute atomic E-state index is 0.0432. The summed E-state index contributed by atoms with van der Waals surface area (Å²) in [6.45, 7) is 16.8. The van der Waals surface area contributed by atoms with Gasteiger partial charge in [-0.1, -0.05) is 68.6 Å². The standard InChI is InChI=1S/C19H15ClF4N2O2.C12H12F4Si.C12H12F2OSi.C9H4F4.C7H3BrF2O/c1-19(2,3)28-18(27)26-14(6-9-4-5-15(20)25-17(9)26)10-7-12(21)13(22)8-11(10)16(23)24;1-17(2,3)5-4-8-6-10(13)11(14)7-9(8)12(15)16;1-16(2,3)5-4-9-6-11(13)12(14)7-10(9)8-15;1-2-5-3-7(10)8(11)4-6(5)9(12)13;8-5-2-7(10)6(9)1-4(5)3-11/h4-8,16H,1-3H3;6-7,12H,1-3H3;6-8H,1-3H3;1,3-4,9H;1-3H. The summed E-state index contributed by atoms with van der Waals surface area (Å²) in [6.07, 6.45) is -4.02. The van der Waals surface area contributed by atoms with Crippen LogP contribution in [0, 0.1) is 93.4 Å². The molecule has 5 aromatic carbocycles. The molecule has 450 valence electrons. The molecule has 0 atom stereocenters. The highest BCUT2D eigenvalue weighted by molar-refractivity contribution is 9.10. The molecule has 0 aliphatic rings. The van der Waals surface area contributed by atoms with Crippen LogP contribution in [0.3, 0.4) is 0 Å². The summed E-state index contributed by atoms with van der Waals surface area (Å²) in [4.78, 5) is 37.7. The lowest BCUT2D eigenvalue weighted by Crippen LogP contribution is -2.27. The van der Waals surface area contributed by atoms with Gasteiger partial charge in [0.2, 0.25) is 0 Å². The molecule has 6 nitrogen and oxygen atoms in total. The van der Waals surface area contributed by atoms with E-state index in [1.807, 2.05) is 45.2 Å². The van der Waals surface area contributed by atoms with Crippen LogP contribution in [0.5, 0.6) is 0 Å². The molecule has 0 aliphatic carbocycles. The summed E-state index contributed by atoms with van der Waals surface area (Å²) in [5.41, 5.74) is 2.50. The number of rotatable bonds is 6. The predicted octanol–water partition coefficient (Wildman–Crippen LogP) is 18.9. The van der Waals surface area contributed by atoms with Crippen molar-refractivity contribution in [1.82, 2.24) is 9.55 Å². The van der Waals surface area contributed by atoms with Crippen LogP contribution >= 0.6 is 27.5 Å². The molecule has 0 amide bonds. The molecule has 0 saturated heterocycles. The van der Waals surface area contributed by atoms with Gasteiger partial charge in [0.1, 0.15) is 26.9 Å². The van der Waals surface area contributed by atoms with Crippen LogP contribution in [-0.2, 0) is 4.74 Å². The number of halogens is 18. The normalized spacial score (nSPS) is 11.0. The third-order valence-corrected chi connectivity index (χ3v) is 12.8. The van der Waals surface area contributed by atoms with Gasteiger partial charge in [-0.2, -0.15) is 0 Å². The van der Waals surface area contributed by atoms with Gasteiger partial charge in [-0.25, -0.2) is 84.6 Å². The molecule has 2 heterocycles. The van der Waals surface area contributed by atoms with Crippen LogP contribution in [0.15, 0.2) is 83.3 Å². The van der Waals surface area contributed by atoms with E-state index in [0.717, 1.165) is 34.9 Å². The molecule has 85 heavy (non-hydrogen) atoms. The van der Waals surface area contributed by atoms with E-state index in [2.05, 4.69) is 43.8 Å². The van der Waals surface area contributed by atoms with Crippen molar-refractivity contribution in [2.75, 3.05) is 0 Å². The number of fused-ring (bicyclic) bond motifs is 1. The Balaban J connectivity index is 0.000000291. The summed E-state index contributed by atoms with van der Waals surface area (Å²) in [5.74, 6) is -4.59. The van der Waals surface area contributed by atoms with Crippen molar-refractivity contribution in [3.05, 3.63) is 191 Å². The third kappa shape index (κ3) is 21.4. The maximum Gasteiger partial charge on any atom is 0.420 e. The number of carbonyl (C=O) groups is 3. The van der Waals surface area contributed by atoms with Crippen molar-refractivity contribution in [2.45, 2.75) is 84.9 Å². The van der Waals surface area contributed by atoms with Crippen molar-refractivity contribution >= 4 is 73.4 Å². The zero-order chi connectivity index (χ0) is 64.8. The van der Waals surface area contributed by atoms with Crippen molar-refractivity contribution in [3.8, 4) is 46.5 Å². The number of aromatic nitrogens is 2. The molecular weight excluding hydrogens is 1280 g/mol. The molecule has 2 aromatic heterocycles. The number of hydrogen-bond acceptors (Lipinski definition) is 5. The Hall–Kier alpha value is -7.64. The number of terminal acetylenes is 1. The van der Waals surface area contributed by atoms with Crippen molar-refractivity contribution in [2.24, 2.45) is 0 Å². The molecule has 0 unspecified atom stereocenters. The Morgan fingerprint density at radius 2 is 0.965 bits per heavy atom. The number of aldehydes is 2. The van der Waals surface area contributed by atoms with Gasteiger partial charge in [-0.05, 0) is 116 Å². The summed E-state index contributed by atoms with van der Waals surface area (Å²) >= 11 is 8.81. The molecule has 0 radical (unpaired) electrons. The van der Waals surface area contributed by atoms with Crippen LogP contribution in [-0.4, -0.2) is 50.0 Å². The Labute approximate surface area is 492 Å². The van der Waals surface area contributed by atoms with Gasteiger partial charge in [0.25, 0.3) is 19.3 Å². The molecule has 0 fully saturated rings. The van der Waals surface area contributed by atoms with Crippen LogP contribution in [0.2, 0.25) is 44.4 Å². The molecule has 0 spiro atoms. The van der Waals surface area contributed by atoms with Gasteiger partial charge >= 0.3 is 6.09 Å². The molecule has 0 aliphatic heterocycles. The summed E-state index contributed by atoms with van der Waals surface area (Å²) < 4.78 is 212. The second-order valence-corrected chi connectivity index (χ2v) is 31.1. The molecule has 26 heteroatoms. The van der Waals surface area contributed by atoms with E-state index in [0.29, 0.717) is 48.3 Å². The van der Waals surface area contributed by atoms with Gasteiger partial charge in [-0.3, -0.25) is 9.59 Å². The summed E-state index contributed by atoms with van der Waals surface area (Å²) in [7, 11) is -3.35. The largest absolute Gasteiger partial charge is 0.443 e. The molecule has 7 aromatic rings.